The normalized spacial score (nSPS) is 16.1. The van der Waals surface area contributed by atoms with Gasteiger partial charge in [-0.1, -0.05) is 29.8 Å². The Morgan fingerprint density at radius 1 is 0.909 bits per heavy atom. The van der Waals surface area contributed by atoms with Crippen LogP contribution >= 0.6 is 11.6 Å². The van der Waals surface area contributed by atoms with Crippen LogP contribution in [0, 0.1) is 0 Å². The van der Waals surface area contributed by atoms with Crippen LogP contribution in [-0.2, 0) is 18.5 Å². The molecule has 0 radical (unpaired) electrons. The van der Waals surface area contributed by atoms with Crippen molar-refractivity contribution in [3.63, 3.8) is 0 Å². The highest BCUT2D eigenvalue weighted by Crippen LogP contribution is 2.31. The average Bonchev–Trinajstić information content (AvgIpc) is 3.35. The number of thiol groups is 1. The maximum absolute atomic E-state index is 6.38. The van der Waals surface area contributed by atoms with E-state index in [2.05, 4.69) is 45.6 Å². The highest BCUT2D eigenvalue weighted by molar-refractivity contribution is 7.76. The van der Waals surface area contributed by atoms with Gasteiger partial charge in [0.15, 0.2) is 16.4 Å². The van der Waals surface area contributed by atoms with Crippen LogP contribution in [0.25, 0.3) is 10.8 Å². The number of unbranched alkanes of at least 4 members (excludes halogenated alkanes) is 1. The van der Waals surface area contributed by atoms with Crippen LogP contribution in [0.3, 0.4) is 0 Å². The molecule has 0 N–H and O–H groups in total. The molecule has 2 aliphatic rings. The number of nitrogens with zero attached hydrogens (tertiary/aromatic N) is 2. The van der Waals surface area contributed by atoms with Crippen molar-refractivity contribution in [2.45, 2.75) is 37.1 Å². The number of likely N-dealkylation sites (tertiary alicyclic amines) is 1. The first-order chi connectivity index (χ1) is 16.2. The molecule has 0 aliphatic carbocycles. The van der Waals surface area contributed by atoms with Gasteiger partial charge in [0.05, 0.1) is 18.5 Å². The van der Waals surface area contributed by atoms with Crippen molar-refractivity contribution in [3.05, 3.63) is 65.2 Å². The second-order valence-corrected chi connectivity index (χ2v) is 10.6. The minimum Gasteiger partial charge on any atom is -0.486 e. The minimum atomic E-state index is 0.620. The minimum absolute atomic E-state index is 0.620. The van der Waals surface area contributed by atoms with E-state index >= 15 is 0 Å². The van der Waals surface area contributed by atoms with Gasteiger partial charge in [-0.25, -0.2) is 0 Å². The first-order valence-corrected chi connectivity index (χ1v) is 13.2. The summed E-state index contributed by atoms with van der Waals surface area (Å²) in [5.74, 6) is 1.72. The van der Waals surface area contributed by atoms with E-state index in [1.807, 2.05) is 18.2 Å². The van der Waals surface area contributed by atoms with Gasteiger partial charge in [-0.05, 0) is 86.6 Å². The van der Waals surface area contributed by atoms with Crippen LogP contribution in [0.5, 0.6) is 11.5 Å². The van der Waals surface area contributed by atoms with E-state index in [0.29, 0.717) is 13.2 Å². The molecular weight excluding hydrogens is 452 g/mol. The summed E-state index contributed by atoms with van der Waals surface area (Å²) >= 11 is 7.60. The van der Waals surface area contributed by atoms with Crippen LogP contribution in [0.15, 0.2) is 59.5 Å². The molecule has 0 bridgehead atoms. The van der Waals surface area contributed by atoms with E-state index < -0.39 is 0 Å². The van der Waals surface area contributed by atoms with Crippen LogP contribution in [-0.4, -0.2) is 48.6 Å². The van der Waals surface area contributed by atoms with Crippen molar-refractivity contribution in [2.75, 3.05) is 39.4 Å². The molecule has 2 aliphatic heterocycles. The molecule has 0 unspecified atom stereocenters. The zero-order valence-electron chi connectivity index (χ0n) is 19.0. The Hall–Kier alpha value is -1.92. The summed E-state index contributed by atoms with van der Waals surface area (Å²) in [6, 6.07) is 19.1. The number of benzene rings is 3. The molecule has 5 rings (SSSR count). The van der Waals surface area contributed by atoms with E-state index in [-0.39, 0.29) is 0 Å². The highest BCUT2D eigenvalue weighted by Gasteiger charge is 2.20. The molecule has 0 atom stereocenters. The van der Waals surface area contributed by atoms with Crippen LogP contribution < -0.4 is 9.47 Å². The molecule has 1 saturated heterocycles. The monoisotopic (exact) mass is 483 g/mol. The molecule has 0 amide bonds. The lowest BCUT2D eigenvalue weighted by Gasteiger charge is -2.20. The molecule has 4 nitrogen and oxygen atoms in total. The number of fused-ring (bicyclic) bond motifs is 2. The summed E-state index contributed by atoms with van der Waals surface area (Å²) < 4.78 is 14.0. The quantitative estimate of drug-likeness (QED) is 0.220. The molecule has 3 aromatic rings. The van der Waals surface area contributed by atoms with Crippen LogP contribution in [0.4, 0.5) is 0 Å². The van der Waals surface area contributed by atoms with Crippen molar-refractivity contribution < 1.29 is 9.47 Å². The molecule has 0 spiro atoms. The summed E-state index contributed by atoms with van der Waals surface area (Å²) in [6.07, 6.45) is 5.18. The van der Waals surface area contributed by atoms with Crippen molar-refractivity contribution in [1.82, 2.24) is 9.21 Å². The standard InChI is InChI=1S/C27H31ClN2O2S/c28-25-7-5-6-22-19-23(9-10-24(22)25)33-30(15-4-3-14-29-12-1-2-13-29)20-21-8-11-26-27(18-21)32-17-16-31-26/h5-11,18-19H,1-4,12-17,20H2/p+1. The molecule has 1 fully saturated rings. The number of hydrogen-bond acceptors (Lipinski definition) is 4. The molecule has 3 aromatic carbocycles. The fraction of sp³-hybridized carbons (Fsp3) is 0.407. The van der Waals surface area contributed by atoms with E-state index in [1.54, 1.807) is 0 Å². The van der Waals surface area contributed by atoms with Crippen LogP contribution in [0.2, 0.25) is 5.02 Å². The molecule has 0 aromatic heterocycles. The van der Waals surface area contributed by atoms with Gasteiger partial charge < -0.3 is 14.4 Å². The fourth-order valence-corrected chi connectivity index (χ4v) is 6.04. The van der Waals surface area contributed by atoms with Gasteiger partial charge in [0.2, 0.25) is 0 Å². The SMILES string of the molecule is Clc1cccc2cc([SH+]N(CCCCN3CCCC3)Cc3ccc4c(c3)OCCO4)ccc12. The molecule has 0 saturated carbocycles. The third-order valence-corrected chi connectivity index (χ3v) is 7.84. The summed E-state index contributed by atoms with van der Waals surface area (Å²) in [4.78, 5) is 3.90. The second kappa shape index (κ2) is 11.0. The Kier molecular flexibility index (Phi) is 7.62. The fourth-order valence-electron chi connectivity index (χ4n) is 4.65. The Labute approximate surface area is 205 Å². The molecule has 33 heavy (non-hydrogen) atoms. The number of ether oxygens (including phenoxy) is 2. The van der Waals surface area contributed by atoms with Crippen molar-refractivity contribution in [2.24, 2.45) is 0 Å². The molecule has 2 heterocycles. The lowest BCUT2D eigenvalue weighted by atomic mass is 10.1. The van der Waals surface area contributed by atoms with Gasteiger partial charge in [0, 0.05) is 23.0 Å². The highest BCUT2D eigenvalue weighted by atomic mass is 35.5. The summed E-state index contributed by atoms with van der Waals surface area (Å²) in [6.45, 7) is 6.97. The largest absolute Gasteiger partial charge is 0.486 e. The van der Waals surface area contributed by atoms with Gasteiger partial charge in [0.1, 0.15) is 13.2 Å². The van der Waals surface area contributed by atoms with Crippen molar-refractivity contribution >= 4 is 34.3 Å². The lowest BCUT2D eigenvalue weighted by molar-refractivity contribution is 0.171. The third-order valence-electron chi connectivity index (χ3n) is 6.38. The zero-order chi connectivity index (χ0) is 22.5. The predicted octanol–water partition coefficient (Wildman–Crippen LogP) is 5.73. The third kappa shape index (κ3) is 5.96. The number of hydrogen-bond donors (Lipinski definition) is 0. The van der Waals surface area contributed by atoms with Gasteiger partial charge in [0.25, 0.3) is 0 Å². The first-order valence-electron chi connectivity index (χ1n) is 12.0. The summed E-state index contributed by atoms with van der Waals surface area (Å²) in [5, 5.41) is 3.12. The van der Waals surface area contributed by atoms with Crippen molar-refractivity contribution in [3.8, 4) is 11.5 Å². The smallest absolute Gasteiger partial charge is 0.174 e. The first kappa shape index (κ1) is 22.9. The zero-order valence-corrected chi connectivity index (χ0v) is 20.7. The second-order valence-electron chi connectivity index (χ2n) is 8.87. The van der Waals surface area contributed by atoms with Gasteiger partial charge in [-0.2, -0.15) is 0 Å². The number of rotatable bonds is 9. The molecule has 6 heteroatoms. The average molecular weight is 484 g/mol. The Balaban J connectivity index is 1.28. The predicted molar refractivity (Wildman–Crippen MR) is 139 cm³/mol. The van der Waals surface area contributed by atoms with Crippen LogP contribution in [0.1, 0.15) is 31.2 Å². The molecular formula is C27H32ClN2O2S+. The van der Waals surface area contributed by atoms with E-state index in [4.69, 9.17) is 21.1 Å². The maximum atomic E-state index is 6.38. The van der Waals surface area contributed by atoms with Gasteiger partial charge >= 0.3 is 0 Å². The maximum Gasteiger partial charge on any atom is 0.174 e. The Morgan fingerprint density at radius 3 is 2.64 bits per heavy atom. The summed E-state index contributed by atoms with van der Waals surface area (Å²) in [7, 11) is 0. The summed E-state index contributed by atoms with van der Waals surface area (Å²) in [5.41, 5.74) is 1.26. The van der Waals surface area contributed by atoms with Crippen molar-refractivity contribution in [1.29, 1.82) is 0 Å². The Morgan fingerprint density at radius 2 is 1.76 bits per heavy atom. The van der Waals surface area contributed by atoms with E-state index in [1.165, 1.54) is 73.1 Å². The lowest BCUT2D eigenvalue weighted by Crippen LogP contribution is -2.25. The number of halogens is 1. The topological polar surface area (TPSA) is 24.9 Å². The molecule has 174 valence electrons. The van der Waals surface area contributed by atoms with E-state index in [9.17, 15) is 0 Å². The van der Waals surface area contributed by atoms with Gasteiger partial charge in [-0.3, -0.25) is 0 Å². The van der Waals surface area contributed by atoms with E-state index in [0.717, 1.165) is 35.0 Å². The van der Waals surface area contributed by atoms with Gasteiger partial charge in [-0.15, -0.1) is 4.31 Å². The Bertz CT molecular complexity index is 1090.